The van der Waals surface area contributed by atoms with Crippen LogP contribution in [-0.4, -0.2) is 54.6 Å². The summed E-state index contributed by atoms with van der Waals surface area (Å²) in [6, 6.07) is 5.84. The topological polar surface area (TPSA) is 41.9 Å². The number of rotatable bonds is 5. The summed E-state index contributed by atoms with van der Waals surface area (Å²) >= 11 is 0. The molecular formula is C16H22FNO3. The summed E-state index contributed by atoms with van der Waals surface area (Å²) in [7, 11) is 0. The zero-order chi connectivity index (χ0) is 14.7. The predicted octanol–water partition coefficient (Wildman–Crippen LogP) is 1.82. The Balaban J connectivity index is 1.43. The van der Waals surface area contributed by atoms with Crippen LogP contribution < -0.4 is 4.74 Å². The Morgan fingerprint density at radius 3 is 2.76 bits per heavy atom. The van der Waals surface area contributed by atoms with E-state index < -0.39 is 6.10 Å². The Bertz CT molecular complexity index is 461. The molecule has 1 saturated heterocycles. The molecule has 5 heteroatoms. The molecule has 21 heavy (non-hydrogen) atoms. The molecule has 1 saturated carbocycles. The van der Waals surface area contributed by atoms with Crippen LogP contribution >= 0.6 is 0 Å². The second-order valence-corrected chi connectivity index (χ2v) is 6.04. The zero-order valence-electron chi connectivity index (χ0n) is 12.1. The van der Waals surface area contributed by atoms with Crippen molar-refractivity contribution >= 4 is 0 Å². The van der Waals surface area contributed by atoms with Crippen molar-refractivity contribution < 1.29 is 19.0 Å². The maximum absolute atomic E-state index is 12.8. The van der Waals surface area contributed by atoms with E-state index in [9.17, 15) is 9.50 Å². The van der Waals surface area contributed by atoms with Gasteiger partial charge in [-0.25, -0.2) is 4.39 Å². The average Bonchev–Trinajstić information content (AvgIpc) is 2.45. The van der Waals surface area contributed by atoms with Gasteiger partial charge in [-0.3, -0.25) is 4.90 Å². The molecule has 0 amide bonds. The highest BCUT2D eigenvalue weighted by Crippen LogP contribution is 2.38. The lowest BCUT2D eigenvalue weighted by molar-refractivity contribution is -0.155. The molecular weight excluding hydrogens is 273 g/mol. The standard InChI is InChI=1S/C16H22FNO3/c17-13-2-4-15(5-3-13)20-11-14(19)10-18-8-9-21-16(12-18)6-1-7-16/h2-5,14,19H,1,6-12H2. The van der Waals surface area contributed by atoms with Crippen molar-refractivity contribution in [3.05, 3.63) is 30.1 Å². The normalized spacial score (nSPS) is 22.8. The summed E-state index contributed by atoms with van der Waals surface area (Å²) in [5, 5.41) is 10.1. The number of morpholine rings is 1. The van der Waals surface area contributed by atoms with E-state index in [2.05, 4.69) is 4.90 Å². The number of ether oxygens (including phenoxy) is 2. The summed E-state index contributed by atoms with van der Waals surface area (Å²) in [5.74, 6) is 0.287. The molecule has 1 spiro atoms. The molecule has 116 valence electrons. The molecule has 0 bridgehead atoms. The summed E-state index contributed by atoms with van der Waals surface area (Å²) in [4.78, 5) is 2.25. The molecule has 1 atom stereocenters. The Labute approximate surface area is 124 Å². The average molecular weight is 295 g/mol. The molecule has 1 heterocycles. The first kappa shape index (κ1) is 14.8. The third-order valence-corrected chi connectivity index (χ3v) is 4.32. The van der Waals surface area contributed by atoms with Crippen LogP contribution in [0.15, 0.2) is 24.3 Å². The van der Waals surface area contributed by atoms with E-state index in [1.165, 1.54) is 18.6 Å². The van der Waals surface area contributed by atoms with Gasteiger partial charge in [0.1, 0.15) is 24.3 Å². The van der Waals surface area contributed by atoms with E-state index in [0.717, 1.165) is 32.5 Å². The van der Waals surface area contributed by atoms with Crippen LogP contribution in [0.3, 0.4) is 0 Å². The molecule has 4 nitrogen and oxygen atoms in total. The Hall–Kier alpha value is -1.17. The molecule has 1 aromatic rings. The monoisotopic (exact) mass is 295 g/mol. The van der Waals surface area contributed by atoms with Gasteiger partial charge in [0.2, 0.25) is 0 Å². The SMILES string of the molecule is OC(COc1ccc(F)cc1)CN1CCOC2(CCC2)C1. The van der Waals surface area contributed by atoms with Gasteiger partial charge in [-0.05, 0) is 43.5 Å². The van der Waals surface area contributed by atoms with E-state index in [1.54, 1.807) is 12.1 Å². The van der Waals surface area contributed by atoms with Crippen molar-refractivity contribution in [2.75, 3.05) is 32.8 Å². The third-order valence-electron chi connectivity index (χ3n) is 4.32. The number of nitrogens with zero attached hydrogens (tertiary/aromatic N) is 1. The minimum Gasteiger partial charge on any atom is -0.491 e. The number of hydrogen-bond donors (Lipinski definition) is 1. The van der Waals surface area contributed by atoms with Crippen molar-refractivity contribution in [2.24, 2.45) is 0 Å². The number of hydrogen-bond acceptors (Lipinski definition) is 4. The van der Waals surface area contributed by atoms with Crippen molar-refractivity contribution in [3.8, 4) is 5.75 Å². The van der Waals surface area contributed by atoms with Gasteiger partial charge in [-0.1, -0.05) is 0 Å². The van der Waals surface area contributed by atoms with E-state index in [1.807, 2.05) is 0 Å². The van der Waals surface area contributed by atoms with Gasteiger partial charge >= 0.3 is 0 Å². The fourth-order valence-electron chi connectivity index (χ4n) is 3.03. The van der Waals surface area contributed by atoms with Crippen LogP contribution in [0, 0.1) is 5.82 Å². The Morgan fingerprint density at radius 1 is 1.33 bits per heavy atom. The highest BCUT2D eigenvalue weighted by Gasteiger charge is 2.42. The van der Waals surface area contributed by atoms with Crippen LogP contribution in [-0.2, 0) is 4.74 Å². The molecule has 1 N–H and O–H groups in total. The molecule has 2 aliphatic rings. The zero-order valence-corrected chi connectivity index (χ0v) is 12.1. The van der Waals surface area contributed by atoms with Crippen LogP contribution in [0.5, 0.6) is 5.75 Å². The predicted molar refractivity (Wildman–Crippen MR) is 76.9 cm³/mol. The summed E-state index contributed by atoms with van der Waals surface area (Å²) < 4.78 is 24.1. The van der Waals surface area contributed by atoms with Crippen LogP contribution in [0.4, 0.5) is 4.39 Å². The molecule has 3 rings (SSSR count). The largest absolute Gasteiger partial charge is 0.491 e. The summed E-state index contributed by atoms with van der Waals surface area (Å²) in [6.45, 7) is 3.31. The van der Waals surface area contributed by atoms with Crippen LogP contribution in [0.2, 0.25) is 0 Å². The molecule has 1 aliphatic heterocycles. The quantitative estimate of drug-likeness (QED) is 0.900. The van der Waals surface area contributed by atoms with E-state index in [-0.39, 0.29) is 18.0 Å². The Kier molecular flexibility index (Phi) is 4.42. The molecule has 2 fully saturated rings. The summed E-state index contributed by atoms with van der Waals surface area (Å²) in [6.07, 6.45) is 2.95. The third kappa shape index (κ3) is 3.73. The van der Waals surface area contributed by atoms with Crippen molar-refractivity contribution in [2.45, 2.75) is 31.0 Å². The maximum Gasteiger partial charge on any atom is 0.123 e. The lowest BCUT2D eigenvalue weighted by Gasteiger charge is -2.48. The van der Waals surface area contributed by atoms with Gasteiger partial charge in [0.25, 0.3) is 0 Å². The fourth-order valence-corrected chi connectivity index (χ4v) is 3.03. The minimum absolute atomic E-state index is 0.0514. The highest BCUT2D eigenvalue weighted by molar-refractivity contribution is 5.22. The molecule has 1 aliphatic carbocycles. The Morgan fingerprint density at radius 2 is 2.10 bits per heavy atom. The van der Waals surface area contributed by atoms with Gasteiger partial charge < -0.3 is 14.6 Å². The molecule has 0 radical (unpaired) electrons. The van der Waals surface area contributed by atoms with E-state index in [4.69, 9.17) is 9.47 Å². The van der Waals surface area contributed by atoms with Gasteiger partial charge in [-0.2, -0.15) is 0 Å². The first-order valence-electron chi connectivity index (χ1n) is 7.58. The van der Waals surface area contributed by atoms with Gasteiger partial charge in [-0.15, -0.1) is 0 Å². The van der Waals surface area contributed by atoms with Crippen molar-refractivity contribution in [3.63, 3.8) is 0 Å². The number of aliphatic hydroxyl groups excluding tert-OH is 1. The van der Waals surface area contributed by atoms with Crippen LogP contribution in [0.25, 0.3) is 0 Å². The smallest absolute Gasteiger partial charge is 0.123 e. The highest BCUT2D eigenvalue weighted by atomic mass is 19.1. The second-order valence-electron chi connectivity index (χ2n) is 6.04. The number of aliphatic hydroxyl groups is 1. The lowest BCUT2D eigenvalue weighted by atomic mass is 9.79. The minimum atomic E-state index is -0.551. The number of β-amino-alcohol motifs (C(OH)–C–C–N with tert-alkyl or cyclic N) is 1. The van der Waals surface area contributed by atoms with E-state index in [0.29, 0.717) is 12.3 Å². The molecule has 0 aromatic heterocycles. The van der Waals surface area contributed by atoms with Gasteiger partial charge in [0.15, 0.2) is 0 Å². The number of benzene rings is 1. The second kappa shape index (κ2) is 6.30. The lowest BCUT2D eigenvalue weighted by Crippen LogP contribution is -2.57. The van der Waals surface area contributed by atoms with Gasteiger partial charge in [0, 0.05) is 19.6 Å². The van der Waals surface area contributed by atoms with Crippen LogP contribution in [0.1, 0.15) is 19.3 Å². The first-order valence-corrected chi connectivity index (χ1v) is 7.58. The fraction of sp³-hybridized carbons (Fsp3) is 0.625. The first-order chi connectivity index (χ1) is 10.2. The van der Waals surface area contributed by atoms with E-state index >= 15 is 0 Å². The molecule has 1 aromatic carbocycles. The van der Waals surface area contributed by atoms with Crippen molar-refractivity contribution in [1.82, 2.24) is 4.90 Å². The van der Waals surface area contributed by atoms with Crippen molar-refractivity contribution in [1.29, 1.82) is 0 Å². The van der Waals surface area contributed by atoms with Gasteiger partial charge in [0.05, 0.1) is 12.2 Å². The molecule has 1 unspecified atom stereocenters. The summed E-state index contributed by atoms with van der Waals surface area (Å²) in [5.41, 5.74) is 0.0514. The maximum atomic E-state index is 12.8. The number of halogens is 1.